The minimum atomic E-state index is 0.0864. The summed E-state index contributed by atoms with van der Waals surface area (Å²) < 4.78 is 6.33. The summed E-state index contributed by atoms with van der Waals surface area (Å²) in [7, 11) is 1.66. The molecule has 4 rings (SSSR count). The zero-order valence-electron chi connectivity index (χ0n) is 18.5. The zero-order chi connectivity index (χ0) is 22.5. The Labute approximate surface area is 197 Å². The highest BCUT2D eigenvalue weighted by Gasteiger charge is 2.21. The molecule has 0 N–H and O–H groups in total. The van der Waals surface area contributed by atoms with Crippen LogP contribution < -0.4 is 9.64 Å². The van der Waals surface area contributed by atoms with Crippen molar-refractivity contribution in [1.29, 1.82) is 0 Å². The number of aromatic nitrogens is 1. The van der Waals surface area contributed by atoms with E-state index in [2.05, 4.69) is 38.1 Å². The van der Waals surface area contributed by atoms with Gasteiger partial charge in [0.15, 0.2) is 5.13 Å². The third-order valence-corrected chi connectivity index (χ3v) is 7.49. The van der Waals surface area contributed by atoms with E-state index in [1.165, 1.54) is 11.1 Å². The number of aryl methyl sites for hydroxylation is 2. The number of methoxy groups -OCH3 is 1. The number of rotatable bonds is 8. The number of fused-ring (bicyclic) bond motifs is 1. The maximum absolute atomic E-state index is 13.3. The minimum absolute atomic E-state index is 0.0864. The number of hydrogen-bond donors (Lipinski definition) is 0. The summed E-state index contributed by atoms with van der Waals surface area (Å²) in [6.45, 7) is 4.71. The molecule has 1 amide bonds. The molecule has 0 bridgehead atoms. The van der Waals surface area contributed by atoms with Gasteiger partial charge in [0.05, 0.1) is 23.9 Å². The summed E-state index contributed by atoms with van der Waals surface area (Å²) in [5.74, 6) is 1.63. The van der Waals surface area contributed by atoms with Crippen molar-refractivity contribution < 1.29 is 9.53 Å². The van der Waals surface area contributed by atoms with Gasteiger partial charge in [0.2, 0.25) is 5.91 Å². The van der Waals surface area contributed by atoms with Crippen LogP contribution in [0.2, 0.25) is 0 Å². The molecule has 0 aliphatic carbocycles. The number of benzene rings is 3. The standard InChI is InChI=1S/C26H26N2O2S2/c1-18-9-14-23-25(19(18)2)27-26(32-23)28(17-20-7-5-4-6-8-20)24(29)15-16-31-22-12-10-21(30-3)11-13-22/h4-14H,15-17H2,1-3H3. The topological polar surface area (TPSA) is 42.4 Å². The van der Waals surface area contributed by atoms with Gasteiger partial charge in [0, 0.05) is 17.1 Å². The first-order valence-electron chi connectivity index (χ1n) is 10.5. The van der Waals surface area contributed by atoms with E-state index in [4.69, 9.17) is 9.72 Å². The van der Waals surface area contributed by atoms with Gasteiger partial charge in [0.25, 0.3) is 0 Å². The molecule has 0 saturated carbocycles. The van der Waals surface area contributed by atoms with Gasteiger partial charge in [-0.3, -0.25) is 9.69 Å². The smallest absolute Gasteiger partial charge is 0.229 e. The lowest BCUT2D eigenvalue weighted by Gasteiger charge is -2.20. The summed E-state index contributed by atoms with van der Waals surface area (Å²) in [6, 6.07) is 22.2. The molecule has 0 fully saturated rings. The first-order valence-corrected chi connectivity index (χ1v) is 12.3. The van der Waals surface area contributed by atoms with Crippen LogP contribution >= 0.6 is 23.1 Å². The largest absolute Gasteiger partial charge is 0.497 e. The SMILES string of the molecule is COc1ccc(SCCC(=O)N(Cc2ccccc2)c2nc3c(C)c(C)ccc3s2)cc1. The summed E-state index contributed by atoms with van der Waals surface area (Å²) in [5.41, 5.74) is 4.47. The molecule has 0 aliphatic rings. The third-order valence-electron chi connectivity index (χ3n) is 5.43. The average Bonchev–Trinajstić information content (AvgIpc) is 3.26. The molecule has 1 aromatic heterocycles. The van der Waals surface area contributed by atoms with Gasteiger partial charge in [-0.2, -0.15) is 0 Å². The Morgan fingerprint density at radius 3 is 2.50 bits per heavy atom. The molecule has 0 aliphatic heterocycles. The van der Waals surface area contributed by atoms with Gasteiger partial charge < -0.3 is 4.74 Å². The maximum atomic E-state index is 13.3. The molecular weight excluding hydrogens is 436 g/mol. The predicted octanol–water partition coefficient (Wildman–Crippen LogP) is 6.64. The number of amides is 1. The number of thioether (sulfide) groups is 1. The van der Waals surface area contributed by atoms with Gasteiger partial charge in [-0.05, 0) is 60.9 Å². The van der Waals surface area contributed by atoms with Crippen molar-refractivity contribution in [3.8, 4) is 5.75 Å². The molecule has 4 nitrogen and oxygen atoms in total. The molecule has 6 heteroatoms. The normalized spacial score (nSPS) is 11.0. The van der Waals surface area contributed by atoms with Crippen molar-refractivity contribution in [3.63, 3.8) is 0 Å². The quantitative estimate of drug-likeness (QED) is 0.275. The van der Waals surface area contributed by atoms with Crippen LogP contribution in [0.5, 0.6) is 5.75 Å². The molecule has 3 aromatic carbocycles. The number of hydrogen-bond acceptors (Lipinski definition) is 5. The molecule has 32 heavy (non-hydrogen) atoms. The molecule has 0 unspecified atom stereocenters. The van der Waals surface area contributed by atoms with Gasteiger partial charge in [0.1, 0.15) is 5.75 Å². The van der Waals surface area contributed by atoms with E-state index < -0.39 is 0 Å². The fourth-order valence-corrected chi connectivity index (χ4v) is 5.30. The van der Waals surface area contributed by atoms with E-state index in [0.717, 1.165) is 31.6 Å². The van der Waals surface area contributed by atoms with Crippen molar-refractivity contribution >= 4 is 44.4 Å². The van der Waals surface area contributed by atoms with Gasteiger partial charge in [-0.1, -0.05) is 47.7 Å². The molecule has 0 radical (unpaired) electrons. The number of carbonyl (C=O) groups is 1. The van der Waals surface area contributed by atoms with E-state index in [1.807, 2.05) is 47.4 Å². The fraction of sp³-hybridized carbons (Fsp3) is 0.231. The highest BCUT2D eigenvalue weighted by atomic mass is 32.2. The number of ether oxygens (including phenoxy) is 1. The molecule has 0 spiro atoms. The highest BCUT2D eigenvalue weighted by Crippen LogP contribution is 2.33. The lowest BCUT2D eigenvalue weighted by molar-refractivity contribution is -0.118. The Kier molecular flexibility index (Phi) is 7.12. The van der Waals surface area contributed by atoms with Gasteiger partial charge in [-0.25, -0.2) is 4.98 Å². The lowest BCUT2D eigenvalue weighted by Crippen LogP contribution is -2.30. The van der Waals surface area contributed by atoms with Crippen molar-refractivity contribution in [3.05, 3.63) is 83.4 Å². The van der Waals surface area contributed by atoms with Crippen LogP contribution in [-0.4, -0.2) is 23.8 Å². The Morgan fingerprint density at radius 2 is 1.78 bits per heavy atom. The van der Waals surface area contributed by atoms with Crippen LogP contribution in [0.4, 0.5) is 5.13 Å². The lowest BCUT2D eigenvalue weighted by atomic mass is 10.1. The average molecular weight is 463 g/mol. The second-order valence-electron chi connectivity index (χ2n) is 7.59. The first kappa shape index (κ1) is 22.4. The summed E-state index contributed by atoms with van der Waals surface area (Å²) in [4.78, 5) is 21.2. The number of nitrogens with zero attached hydrogens (tertiary/aromatic N) is 2. The van der Waals surface area contributed by atoms with Crippen LogP contribution in [0, 0.1) is 13.8 Å². The van der Waals surface area contributed by atoms with Crippen molar-refractivity contribution in [2.75, 3.05) is 17.8 Å². The van der Waals surface area contributed by atoms with Crippen molar-refractivity contribution in [2.45, 2.75) is 31.7 Å². The predicted molar refractivity (Wildman–Crippen MR) is 135 cm³/mol. The number of thiazole rings is 1. The molecular formula is C26H26N2O2S2. The van der Waals surface area contributed by atoms with E-state index >= 15 is 0 Å². The number of anilines is 1. The van der Waals surface area contributed by atoms with Crippen LogP contribution in [0.15, 0.2) is 71.6 Å². The maximum Gasteiger partial charge on any atom is 0.229 e. The molecule has 1 heterocycles. The second-order valence-corrected chi connectivity index (χ2v) is 9.77. The van der Waals surface area contributed by atoms with Crippen LogP contribution in [0.25, 0.3) is 10.2 Å². The van der Waals surface area contributed by atoms with Crippen LogP contribution in [0.1, 0.15) is 23.1 Å². The van der Waals surface area contributed by atoms with Crippen molar-refractivity contribution in [2.24, 2.45) is 0 Å². The molecule has 164 valence electrons. The summed E-state index contributed by atoms with van der Waals surface area (Å²) in [6.07, 6.45) is 0.442. The van der Waals surface area contributed by atoms with E-state index in [-0.39, 0.29) is 5.91 Å². The highest BCUT2D eigenvalue weighted by molar-refractivity contribution is 7.99. The second kappa shape index (κ2) is 10.2. The third kappa shape index (κ3) is 5.14. The molecule has 0 saturated heterocycles. The van der Waals surface area contributed by atoms with Gasteiger partial charge >= 0.3 is 0 Å². The fourth-order valence-electron chi connectivity index (χ4n) is 3.42. The van der Waals surface area contributed by atoms with E-state index in [1.54, 1.807) is 30.2 Å². The monoisotopic (exact) mass is 462 g/mol. The molecule has 4 aromatic rings. The first-order chi connectivity index (χ1) is 15.5. The van der Waals surface area contributed by atoms with Crippen molar-refractivity contribution in [1.82, 2.24) is 4.98 Å². The molecule has 0 atom stereocenters. The Bertz CT molecular complexity index is 1200. The summed E-state index contributed by atoms with van der Waals surface area (Å²) >= 11 is 3.26. The Balaban J connectivity index is 1.53. The Morgan fingerprint density at radius 1 is 1.03 bits per heavy atom. The van der Waals surface area contributed by atoms with Crippen LogP contribution in [0.3, 0.4) is 0 Å². The van der Waals surface area contributed by atoms with Gasteiger partial charge in [-0.15, -0.1) is 11.8 Å². The summed E-state index contributed by atoms with van der Waals surface area (Å²) in [5, 5.41) is 0.761. The number of carbonyl (C=O) groups excluding carboxylic acids is 1. The van der Waals surface area contributed by atoms with Crippen LogP contribution in [-0.2, 0) is 11.3 Å². The van der Waals surface area contributed by atoms with E-state index in [9.17, 15) is 4.79 Å². The Hall–Kier alpha value is -2.83. The minimum Gasteiger partial charge on any atom is -0.497 e. The zero-order valence-corrected chi connectivity index (χ0v) is 20.1. The van der Waals surface area contributed by atoms with E-state index in [0.29, 0.717) is 18.7 Å².